The number of aryl methyl sites for hydroxylation is 1. The molecule has 0 aliphatic heterocycles. The van der Waals surface area contributed by atoms with Crippen LogP contribution in [-0.4, -0.2) is 76.5 Å². The van der Waals surface area contributed by atoms with E-state index in [0.29, 0.717) is 53.4 Å². The smallest absolute Gasteiger partial charge is 0.225 e. The van der Waals surface area contributed by atoms with Crippen LogP contribution in [0.3, 0.4) is 0 Å². The van der Waals surface area contributed by atoms with E-state index in [0.717, 1.165) is 11.1 Å². The van der Waals surface area contributed by atoms with Crippen molar-refractivity contribution in [1.82, 2.24) is 15.0 Å². The molecule has 2 heterocycles. The molecule has 1 fully saturated rings. The number of anilines is 2. The zero-order chi connectivity index (χ0) is 26.5. The van der Waals surface area contributed by atoms with Gasteiger partial charge in [0.1, 0.15) is 23.4 Å². The summed E-state index contributed by atoms with van der Waals surface area (Å²) >= 11 is 0. The van der Waals surface area contributed by atoms with Crippen molar-refractivity contribution in [3.05, 3.63) is 47.8 Å². The normalized spacial score (nSPS) is 20.9. The molecule has 4 rings (SSSR count). The first-order chi connectivity index (χ1) is 17.9. The second-order valence-electron chi connectivity index (χ2n) is 8.85. The predicted octanol–water partition coefficient (Wildman–Crippen LogP) is 2.00. The molecule has 3 aromatic rings. The monoisotopic (exact) mass is 511 g/mol. The fraction of sp³-hybridized carbons (Fsp3) is 0.423. The lowest BCUT2D eigenvalue weighted by Crippen LogP contribution is -2.35. The maximum atomic E-state index is 10.6. The molecular formula is C26H33N5O6. The Morgan fingerprint density at radius 3 is 2.27 bits per heavy atom. The summed E-state index contributed by atoms with van der Waals surface area (Å²) in [5.74, 6) is 2.19. The Balaban J connectivity index is 1.69. The van der Waals surface area contributed by atoms with Crippen LogP contribution in [0.4, 0.5) is 11.8 Å². The van der Waals surface area contributed by atoms with Gasteiger partial charge in [-0.3, -0.25) is 0 Å². The largest absolute Gasteiger partial charge is 0.496 e. The first-order valence-electron chi connectivity index (χ1n) is 12.0. The van der Waals surface area contributed by atoms with Crippen molar-refractivity contribution in [2.45, 2.75) is 38.1 Å². The molecule has 1 saturated carbocycles. The lowest BCUT2D eigenvalue weighted by atomic mass is 10.1. The Morgan fingerprint density at radius 1 is 0.973 bits per heavy atom. The van der Waals surface area contributed by atoms with E-state index in [2.05, 4.69) is 20.6 Å². The number of aliphatic hydroxyl groups excluding tert-OH is 3. The van der Waals surface area contributed by atoms with E-state index >= 15 is 0 Å². The number of methoxy groups -OCH3 is 3. The van der Waals surface area contributed by atoms with Crippen LogP contribution in [-0.2, 0) is 6.54 Å². The molecule has 198 valence electrons. The number of pyridine rings is 1. The van der Waals surface area contributed by atoms with E-state index in [1.807, 2.05) is 31.2 Å². The van der Waals surface area contributed by atoms with Crippen LogP contribution >= 0.6 is 0 Å². The van der Waals surface area contributed by atoms with Crippen molar-refractivity contribution in [3.8, 4) is 28.5 Å². The van der Waals surface area contributed by atoms with Gasteiger partial charge in [-0.1, -0.05) is 6.07 Å². The van der Waals surface area contributed by atoms with Crippen molar-refractivity contribution < 1.29 is 29.5 Å². The lowest BCUT2D eigenvalue weighted by molar-refractivity contribution is 0.00446. The number of aromatic nitrogens is 3. The van der Waals surface area contributed by atoms with Crippen molar-refractivity contribution in [1.29, 1.82) is 0 Å². The van der Waals surface area contributed by atoms with E-state index in [-0.39, 0.29) is 6.61 Å². The minimum absolute atomic E-state index is 0.220. The summed E-state index contributed by atoms with van der Waals surface area (Å²) in [4.78, 5) is 13.7. The van der Waals surface area contributed by atoms with E-state index in [1.54, 1.807) is 33.6 Å². The number of hydrogen-bond donors (Lipinski definition) is 5. The van der Waals surface area contributed by atoms with Crippen LogP contribution < -0.4 is 24.8 Å². The van der Waals surface area contributed by atoms with E-state index < -0.39 is 24.2 Å². The molecule has 2 aromatic heterocycles. The van der Waals surface area contributed by atoms with Crippen LogP contribution in [0.15, 0.2) is 36.5 Å². The highest BCUT2D eigenvalue weighted by molar-refractivity contribution is 5.78. The minimum Gasteiger partial charge on any atom is -0.496 e. The highest BCUT2D eigenvalue weighted by Crippen LogP contribution is 2.35. The standard InChI is InChI=1S/C26H33N5O6/c1-14-22(15-8-9-21(37-4)27-11-15)25(30-18-10-16(13-32)23(33)24(18)34)31-26(29-14)28-12-17-19(35-2)6-5-7-20(17)36-3/h5-9,11,16,18,23-24,32-34H,10,12-13H2,1-4H3,(H2,28,29,30,31)/t16-,18-,23-,24+/m1/s1. The second kappa shape index (κ2) is 11.6. The Kier molecular flexibility index (Phi) is 8.27. The minimum atomic E-state index is -1.07. The zero-order valence-corrected chi connectivity index (χ0v) is 21.3. The molecule has 5 N–H and O–H groups in total. The Morgan fingerprint density at radius 2 is 1.70 bits per heavy atom. The van der Waals surface area contributed by atoms with Gasteiger partial charge in [0.2, 0.25) is 11.8 Å². The molecule has 0 bridgehead atoms. The molecule has 1 aliphatic rings. The van der Waals surface area contributed by atoms with Crippen LogP contribution in [0.25, 0.3) is 11.1 Å². The van der Waals surface area contributed by atoms with Gasteiger partial charge in [-0.2, -0.15) is 4.98 Å². The lowest BCUT2D eigenvalue weighted by Gasteiger charge is -2.22. The van der Waals surface area contributed by atoms with Gasteiger partial charge in [0.25, 0.3) is 0 Å². The number of nitrogens with one attached hydrogen (secondary N) is 2. The molecule has 0 amide bonds. The summed E-state index contributed by atoms with van der Waals surface area (Å²) in [5, 5.41) is 37.1. The Labute approximate surface area is 215 Å². The Bertz CT molecular complexity index is 1190. The molecule has 1 aliphatic carbocycles. The molecular weight excluding hydrogens is 478 g/mol. The second-order valence-corrected chi connectivity index (χ2v) is 8.85. The van der Waals surface area contributed by atoms with Gasteiger partial charge in [-0.15, -0.1) is 0 Å². The van der Waals surface area contributed by atoms with Gasteiger partial charge in [-0.05, 0) is 31.5 Å². The SMILES string of the molecule is COc1ccc(-c2c(C)nc(NCc3c(OC)cccc3OC)nc2N[C@@H]2C[C@H](CO)[C@@H](O)[C@H]2O)cn1. The number of aliphatic hydroxyl groups is 3. The van der Waals surface area contributed by atoms with Crippen LogP contribution in [0, 0.1) is 12.8 Å². The Hall–Kier alpha value is -3.67. The van der Waals surface area contributed by atoms with Crippen LogP contribution in [0.5, 0.6) is 17.4 Å². The quantitative estimate of drug-likeness (QED) is 0.272. The summed E-state index contributed by atoms with van der Waals surface area (Å²) in [5.41, 5.74) is 2.94. The van der Waals surface area contributed by atoms with E-state index in [1.165, 1.54) is 0 Å². The van der Waals surface area contributed by atoms with Crippen molar-refractivity contribution in [2.75, 3.05) is 38.6 Å². The van der Waals surface area contributed by atoms with Crippen LogP contribution in [0.2, 0.25) is 0 Å². The molecule has 0 saturated heterocycles. The predicted molar refractivity (Wildman–Crippen MR) is 138 cm³/mol. The third kappa shape index (κ3) is 5.53. The van der Waals surface area contributed by atoms with Crippen molar-refractivity contribution in [2.24, 2.45) is 5.92 Å². The highest BCUT2D eigenvalue weighted by Gasteiger charge is 2.41. The summed E-state index contributed by atoms with van der Waals surface area (Å²) in [6.07, 6.45) is -0.0573. The third-order valence-corrected chi connectivity index (χ3v) is 6.64. The van der Waals surface area contributed by atoms with Crippen LogP contribution in [0.1, 0.15) is 17.7 Å². The molecule has 11 nitrogen and oxygen atoms in total. The summed E-state index contributed by atoms with van der Waals surface area (Å²) in [6.45, 7) is 1.98. The number of benzene rings is 1. The van der Waals surface area contributed by atoms with Gasteiger partial charge >= 0.3 is 0 Å². The molecule has 37 heavy (non-hydrogen) atoms. The van der Waals surface area contributed by atoms with E-state index in [9.17, 15) is 15.3 Å². The zero-order valence-electron chi connectivity index (χ0n) is 21.3. The maximum absolute atomic E-state index is 10.6. The molecule has 1 aromatic carbocycles. The number of nitrogens with zero attached hydrogens (tertiary/aromatic N) is 3. The molecule has 4 atom stereocenters. The first-order valence-corrected chi connectivity index (χ1v) is 12.0. The fourth-order valence-electron chi connectivity index (χ4n) is 4.64. The highest BCUT2D eigenvalue weighted by atomic mass is 16.5. The topological polar surface area (TPSA) is 151 Å². The third-order valence-electron chi connectivity index (χ3n) is 6.64. The average Bonchev–Trinajstić information content (AvgIpc) is 3.19. The van der Waals surface area contributed by atoms with Crippen molar-refractivity contribution in [3.63, 3.8) is 0 Å². The number of ether oxygens (including phenoxy) is 3. The van der Waals surface area contributed by atoms with Crippen molar-refractivity contribution >= 4 is 11.8 Å². The average molecular weight is 512 g/mol. The molecule has 11 heteroatoms. The van der Waals surface area contributed by atoms with Gasteiger partial charge in [0.05, 0.1) is 51.3 Å². The molecule has 0 spiro atoms. The first kappa shape index (κ1) is 26.4. The van der Waals surface area contributed by atoms with Gasteiger partial charge in [0, 0.05) is 35.9 Å². The number of rotatable bonds is 10. The summed E-state index contributed by atoms with van der Waals surface area (Å²) < 4.78 is 16.2. The summed E-state index contributed by atoms with van der Waals surface area (Å²) in [7, 11) is 4.74. The molecule has 0 radical (unpaired) electrons. The maximum Gasteiger partial charge on any atom is 0.225 e. The fourth-order valence-corrected chi connectivity index (χ4v) is 4.64. The molecule has 0 unspecified atom stereocenters. The van der Waals surface area contributed by atoms with Gasteiger partial charge < -0.3 is 40.2 Å². The summed E-state index contributed by atoms with van der Waals surface area (Å²) in [6, 6.07) is 8.63. The van der Waals surface area contributed by atoms with Gasteiger partial charge in [0.15, 0.2) is 0 Å². The van der Waals surface area contributed by atoms with E-state index in [4.69, 9.17) is 19.2 Å². The van der Waals surface area contributed by atoms with Gasteiger partial charge in [-0.25, -0.2) is 9.97 Å². The number of hydrogen-bond acceptors (Lipinski definition) is 11.